The first-order valence-electron chi connectivity index (χ1n) is 10.7. The van der Waals surface area contributed by atoms with Crippen molar-refractivity contribution in [3.8, 4) is 5.75 Å². The lowest BCUT2D eigenvalue weighted by Gasteiger charge is -2.44. The molecule has 0 spiro atoms. The van der Waals surface area contributed by atoms with Crippen LogP contribution in [0.4, 0.5) is 23.2 Å². The highest BCUT2D eigenvalue weighted by Crippen LogP contribution is 2.38. The van der Waals surface area contributed by atoms with Gasteiger partial charge >= 0.3 is 6.36 Å². The summed E-state index contributed by atoms with van der Waals surface area (Å²) in [5.41, 5.74) is 0.487. The van der Waals surface area contributed by atoms with Crippen LogP contribution in [0, 0.1) is 28.5 Å². The van der Waals surface area contributed by atoms with Crippen LogP contribution >= 0.6 is 0 Å². The Balaban J connectivity index is 2.07. The number of fused-ring (bicyclic) bond motifs is 1. The first-order valence-corrected chi connectivity index (χ1v) is 10.7. The first kappa shape index (κ1) is 25.9. The molecule has 2 aromatic carbocycles. The van der Waals surface area contributed by atoms with Crippen LogP contribution in [-0.2, 0) is 4.79 Å². The van der Waals surface area contributed by atoms with Crippen molar-refractivity contribution in [2.45, 2.75) is 32.2 Å². The largest absolute Gasteiger partial charge is 0.573 e. The number of alkyl halides is 3. The summed E-state index contributed by atoms with van der Waals surface area (Å²) in [5, 5.41) is 18.1. The van der Waals surface area contributed by atoms with Gasteiger partial charge in [-0.25, -0.2) is 4.39 Å². The maximum Gasteiger partial charge on any atom is 0.573 e. The van der Waals surface area contributed by atoms with Crippen LogP contribution in [0.1, 0.15) is 35.7 Å². The van der Waals surface area contributed by atoms with Crippen LogP contribution in [-0.4, -0.2) is 48.1 Å². The highest BCUT2D eigenvalue weighted by Gasteiger charge is 2.46. The van der Waals surface area contributed by atoms with Crippen molar-refractivity contribution in [2.24, 2.45) is 11.8 Å². The van der Waals surface area contributed by atoms with Crippen LogP contribution in [0.2, 0.25) is 0 Å². The lowest BCUT2D eigenvalue weighted by molar-refractivity contribution is -0.275. The number of nitrogens with zero attached hydrogens (tertiary/aromatic N) is 1. The number of amides is 2. The van der Waals surface area contributed by atoms with E-state index < -0.39 is 41.7 Å². The third-order valence-corrected chi connectivity index (χ3v) is 5.54. The molecule has 0 fully saturated rings. The highest BCUT2D eigenvalue weighted by atomic mass is 19.4. The van der Waals surface area contributed by atoms with Crippen molar-refractivity contribution in [3.63, 3.8) is 0 Å². The van der Waals surface area contributed by atoms with Crippen molar-refractivity contribution >= 4 is 29.9 Å². The average molecular weight is 492 g/mol. The highest BCUT2D eigenvalue weighted by molar-refractivity contribution is 6.05. The number of carbonyl (C=O) groups is 2. The molecule has 0 aromatic heterocycles. The van der Waals surface area contributed by atoms with E-state index >= 15 is 0 Å². The van der Waals surface area contributed by atoms with E-state index in [0.29, 0.717) is 11.6 Å². The smallest absolute Gasteiger partial charge is 0.403 e. The number of halogens is 4. The van der Waals surface area contributed by atoms with E-state index in [9.17, 15) is 27.2 Å². The number of carbonyl (C=O) groups excluding carboxylic acids is 2. The zero-order chi connectivity index (χ0) is 25.9. The Kier molecular flexibility index (Phi) is 7.57. The standard InChI is InChI=1S/C24H24F4N4O3/c1-13(2)12-32-21(14(10-29)11-30)20(16-5-3-4-6-17(16)23(32)34)22(33)31-15-7-8-18(25)19(9-15)35-24(26,27)28/h3-11,13-14,20-21,29-30H,12H2,1-2H3,(H,31,33)/t14?,20-,21+/m1/s1. The topological polar surface area (TPSA) is 106 Å². The molecule has 3 N–H and O–H groups in total. The molecule has 0 saturated heterocycles. The van der Waals surface area contributed by atoms with Gasteiger partial charge in [0.2, 0.25) is 5.91 Å². The molecular formula is C24H24F4N4O3. The van der Waals surface area contributed by atoms with E-state index in [1.165, 1.54) is 4.90 Å². The second kappa shape index (κ2) is 10.2. The molecule has 35 heavy (non-hydrogen) atoms. The van der Waals surface area contributed by atoms with Gasteiger partial charge in [0.05, 0.1) is 12.0 Å². The number of anilines is 1. The van der Waals surface area contributed by atoms with Crippen LogP contribution in [0.3, 0.4) is 0 Å². The Labute approximate surface area is 199 Å². The molecule has 0 bridgehead atoms. The van der Waals surface area contributed by atoms with E-state index in [2.05, 4.69) is 10.1 Å². The molecule has 1 aliphatic heterocycles. The van der Waals surface area contributed by atoms with Crippen LogP contribution in [0.25, 0.3) is 0 Å². The summed E-state index contributed by atoms with van der Waals surface area (Å²) in [5.74, 6) is -5.37. The van der Waals surface area contributed by atoms with Crippen LogP contribution < -0.4 is 10.1 Å². The molecule has 0 radical (unpaired) electrons. The van der Waals surface area contributed by atoms with Gasteiger partial charge in [0.15, 0.2) is 11.6 Å². The van der Waals surface area contributed by atoms with Gasteiger partial charge in [0.1, 0.15) is 0 Å². The summed E-state index contributed by atoms with van der Waals surface area (Å²) in [7, 11) is 0. The zero-order valence-electron chi connectivity index (χ0n) is 18.9. The number of nitrogens with one attached hydrogen (secondary N) is 3. The number of rotatable bonds is 8. The normalized spacial score (nSPS) is 18.6. The van der Waals surface area contributed by atoms with Gasteiger partial charge in [-0.1, -0.05) is 32.0 Å². The molecule has 1 heterocycles. The monoisotopic (exact) mass is 492 g/mol. The molecular weight excluding hydrogens is 468 g/mol. The predicted molar refractivity (Wildman–Crippen MR) is 122 cm³/mol. The quantitative estimate of drug-likeness (QED) is 0.363. The third-order valence-electron chi connectivity index (χ3n) is 5.54. The summed E-state index contributed by atoms with van der Waals surface area (Å²) in [6.45, 7) is 4.01. The number of benzene rings is 2. The summed E-state index contributed by atoms with van der Waals surface area (Å²) in [6, 6.07) is 8.04. The Hall–Kier alpha value is -3.76. The molecule has 11 heteroatoms. The van der Waals surface area contributed by atoms with Crippen LogP contribution in [0.15, 0.2) is 42.5 Å². The average Bonchev–Trinajstić information content (AvgIpc) is 2.78. The Morgan fingerprint density at radius 2 is 1.83 bits per heavy atom. The molecule has 0 aliphatic carbocycles. The fourth-order valence-electron chi connectivity index (χ4n) is 4.19. The van der Waals surface area contributed by atoms with Crippen molar-refractivity contribution in [2.75, 3.05) is 11.9 Å². The molecule has 7 nitrogen and oxygen atoms in total. The van der Waals surface area contributed by atoms with Crippen molar-refractivity contribution < 1.29 is 31.9 Å². The molecule has 0 unspecified atom stereocenters. The molecule has 3 rings (SSSR count). The molecule has 0 saturated carbocycles. The summed E-state index contributed by atoms with van der Waals surface area (Å²) >= 11 is 0. The van der Waals surface area contributed by atoms with Gasteiger partial charge in [-0.15, -0.1) is 13.2 Å². The molecule has 2 amide bonds. The predicted octanol–water partition coefficient (Wildman–Crippen LogP) is 4.84. The number of hydrogen-bond donors (Lipinski definition) is 3. The van der Waals surface area contributed by atoms with Gasteiger partial charge in [-0.05, 0) is 29.7 Å². The van der Waals surface area contributed by atoms with Crippen molar-refractivity contribution in [1.29, 1.82) is 10.8 Å². The lowest BCUT2D eigenvalue weighted by atomic mass is 9.76. The molecule has 1 aliphatic rings. The summed E-state index contributed by atoms with van der Waals surface area (Å²) in [6.07, 6.45) is -3.19. The summed E-state index contributed by atoms with van der Waals surface area (Å²) in [4.78, 5) is 28.3. The molecule has 186 valence electrons. The molecule has 2 aromatic rings. The summed E-state index contributed by atoms with van der Waals surface area (Å²) < 4.78 is 55.4. The van der Waals surface area contributed by atoms with Gasteiger partial charge in [0, 0.05) is 42.2 Å². The Morgan fingerprint density at radius 3 is 2.43 bits per heavy atom. The van der Waals surface area contributed by atoms with E-state index in [1.54, 1.807) is 24.3 Å². The maximum absolute atomic E-state index is 13.8. The third kappa shape index (κ3) is 5.67. The Bertz CT molecular complexity index is 1130. The fourth-order valence-corrected chi connectivity index (χ4v) is 4.19. The second-order valence-electron chi connectivity index (χ2n) is 8.50. The van der Waals surface area contributed by atoms with E-state index in [4.69, 9.17) is 10.8 Å². The fraction of sp³-hybridized carbons (Fsp3) is 0.333. The van der Waals surface area contributed by atoms with Crippen LogP contribution in [0.5, 0.6) is 5.75 Å². The Morgan fingerprint density at radius 1 is 1.17 bits per heavy atom. The van der Waals surface area contributed by atoms with E-state index in [0.717, 1.165) is 24.6 Å². The molecule has 2 atom stereocenters. The minimum atomic E-state index is -5.13. The second-order valence-corrected chi connectivity index (χ2v) is 8.50. The SMILES string of the molecule is CC(C)CN1C(=O)c2ccccc2[C@@H](C(=O)Nc2ccc(F)c(OC(F)(F)F)c2)[C@@H]1C(C=N)C=N. The zero-order valence-corrected chi connectivity index (χ0v) is 18.9. The first-order chi connectivity index (χ1) is 16.5. The van der Waals surface area contributed by atoms with Gasteiger partial charge < -0.3 is 25.8 Å². The van der Waals surface area contributed by atoms with Gasteiger partial charge in [-0.2, -0.15) is 0 Å². The lowest BCUT2D eigenvalue weighted by Crippen LogP contribution is -2.56. The van der Waals surface area contributed by atoms with E-state index in [1.807, 2.05) is 13.8 Å². The van der Waals surface area contributed by atoms with Crippen molar-refractivity contribution in [3.05, 3.63) is 59.4 Å². The number of hydrogen-bond acceptors (Lipinski definition) is 5. The van der Waals surface area contributed by atoms with Crippen molar-refractivity contribution in [1.82, 2.24) is 4.90 Å². The van der Waals surface area contributed by atoms with Gasteiger partial charge in [-0.3, -0.25) is 9.59 Å². The maximum atomic E-state index is 13.8. The van der Waals surface area contributed by atoms with Gasteiger partial charge in [0.25, 0.3) is 5.91 Å². The minimum absolute atomic E-state index is 0.00622. The van der Waals surface area contributed by atoms with E-state index in [-0.39, 0.29) is 29.6 Å². The number of ether oxygens (including phenoxy) is 1. The minimum Gasteiger partial charge on any atom is -0.403 e.